The highest BCUT2D eigenvalue weighted by Crippen LogP contribution is 2.31. The summed E-state index contributed by atoms with van der Waals surface area (Å²) in [7, 11) is 1.66. The van der Waals surface area contributed by atoms with Crippen LogP contribution in [0.25, 0.3) is 0 Å². The average molecular weight is 273 g/mol. The number of ether oxygens (including phenoxy) is 3. The van der Waals surface area contributed by atoms with Crippen LogP contribution in [0, 0.1) is 0 Å². The molecule has 0 spiro atoms. The Labute approximate surface area is 116 Å². The Kier molecular flexibility index (Phi) is 7.34. The lowest BCUT2D eigenvalue weighted by Crippen LogP contribution is -2.57. The number of methoxy groups -OCH3 is 1. The fourth-order valence-electron chi connectivity index (χ4n) is 2.69. The van der Waals surface area contributed by atoms with Crippen LogP contribution in [0.1, 0.15) is 39.5 Å². The van der Waals surface area contributed by atoms with E-state index >= 15 is 0 Å². The molecule has 1 saturated carbocycles. The van der Waals surface area contributed by atoms with E-state index in [1.165, 1.54) is 0 Å². The van der Waals surface area contributed by atoms with Crippen molar-refractivity contribution < 1.29 is 19.0 Å². The third-order valence-corrected chi connectivity index (χ3v) is 3.53. The molecule has 0 aromatic heterocycles. The van der Waals surface area contributed by atoms with E-state index < -0.39 is 5.54 Å². The van der Waals surface area contributed by atoms with Crippen molar-refractivity contribution in [3.63, 3.8) is 0 Å². The molecule has 5 heteroatoms. The van der Waals surface area contributed by atoms with Gasteiger partial charge in [-0.2, -0.15) is 0 Å². The first-order valence-electron chi connectivity index (χ1n) is 7.21. The predicted molar refractivity (Wildman–Crippen MR) is 73.1 cm³/mol. The van der Waals surface area contributed by atoms with E-state index in [1.54, 1.807) is 7.11 Å². The maximum absolute atomic E-state index is 12.2. The van der Waals surface area contributed by atoms with Gasteiger partial charge in [0, 0.05) is 13.5 Å². The summed E-state index contributed by atoms with van der Waals surface area (Å²) in [6.07, 6.45) is 3.58. The molecule has 2 atom stereocenters. The first kappa shape index (κ1) is 16.4. The maximum atomic E-state index is 12.2. The van der Waals surface area contributed by atoms with Crippen molar-refractivity contribution in [3.8, 4) is 0 Å². The van der Waals surface area contributed by atoms with E-state index in [2.05, 4.69) is 5.32 Å². The van der Waals surface area contributed by atoms with Gasteiger partial charge in [0.25, 0.3) is 0 Å². The lowest BCUT2D eigenvalue weighted by atomic mass is 9.80. The molecule has 1 aliphatic rings. The molecular weight excluding hydrogens is 246 g/mol. The average Bonchev–Trinajstić information content (AvgIpc) is 2.40. The molecule has 0 radical (unpaired) electrons. The van der Waals surface area contributed by atoms with E-state index in [1.807, 2.05) is 13.8 Å². The normalized spacial score (nSPS) is 27.2. The number of carbonyl (C=O) groups excluding carboxylic acids is 1. The lowest BCUT2D eigenvalue weighted by molar-refractivity contribution is -0.155. The van der Waals surface area contributed by atoms with Gasteiger partial charge in [0.2, 0.25) is 0 Å². The Morgan fingerprint density at radius 2 is 2.16 bits per heavy atom. The smallest absolute Gasteiger partial charge is 0.326 e. The van der Waals surface area contributed by atoms with Gasteiger partial charge < -0.3 is 19.5 Å². The third-order valence-electron chi connectivity index (χ3n) is 3.53. The molecule has 1 rings (SSSR count). The zero-order valence-electron chi connectivity index (χ0n) is 12.4. The summed E-state index contributed by atoms with van der Waals surface area (Å²) in [5.41, 5.74) is -0.569. The zero-order valence-corrected chi connectivity index (χ0v) is 12.4. The van der Waals surface area contributed by atoms with Gasteiger partial charge in [-0.25, -0.2) is 0 Å². The van der Waals surface area contributed by atoms with Gasteiger partial charge in [-0.1, -0.05) is 6.92 Å². The van der Waals surface area contributed by atoms with Crippen LogP contribution in [0.4, 0.5) is 0 Å². The Morgan fingerprint density at radius 3 is 2.79 bits per heavy atom. The summed E-state index contributed by atoms with van der Waals surface area (Å²) >= 11 is 0. The van der Waals surface area contributed by atoms with Gasteiger partial charge in [-0.3, -0.25) is 4.79 Å². The molecule has 0 aliphatic heterocycles. The third kappa shape index (κ3) is 4.75. The number of hydrogen-bond acceptors (Lipinski definition) is 5. The minimum absolute atomic E-state index is 0.104. The Balaban J connectivity index is 2.61. The van der Waals surface area contributed by atoms with E-state index in [4.69, 9.17) is 14.2 Å². The molecule has 0 saturated heterocycles. The summed E-state index contributed by atoms with van der Waals surface area (Å²) in [5.74, 6) is -0.142. The minimum Gasteiger partial charge on any atom is -0.465 e. The summed E-state index contributed by atoms with van der Waals surface area (Å²) in [5, 5.41) is 3.32. The van der Waals surface area contributed by atoms with E-state index in [0.29, 0.717) is 26.2 Å². The molecule has 0 amide bonds. The second-order valence-corrected chi connectivity index (χ2v) is 4.91. The van der Waals surface area contributed by atoms with Crippen LogP contribution in [0.5, 0.6) is 0 Å². The van der Waals surface area contributed by atoms with Gasteiger partial charge in [-0.05, 0) is 32.7 Å². The van der Waals surface area contributed by atoms with Gasteiger partial charge in [0.15, 0.2) is 0 Å². The zero-order chi connectivity index (χ0) is 14.1. The summed E-state index contributed by atoms with van der Waals surface area (Å²) in [6.45, 7) is 6.18. The Hall–Kier alpha value is -0.650. The fourth-order valence-corrected chi connectivity index (χ4v) is 2.69. The largest absolute Gasteiger partial charge is 0.465 e. The summed E-state index contributed by atoms with van der Waals surface area (Å²) < 4.78 is 16.0. The first-order valence-corrected chi connectivity index (χ1v) is 7.21. The molecular formula is C14H27NO4. The minimum atomic E-state index is -0.569. The quantitative estimate of drug-likeness (QED) is 0.536. The van der Waals surface area contributed by atoms with Crippen LogP contribution in [-0.4, -0.2) is 51.1 Å². The van der Waals surface area contributed by atoms with Crippen LogP contribution >= 0.6 is 0 Å². The van der Waals surface area contributed by atoms with Crippen molar-refractivity contribution in [2.45, 2.75) is 51.2 Å². The van der Waals surface area contributed by atoms with Crippen molar-refractivity contribution in [3.05, 3.63) is 0 Å². The number of hydrogen-bond donors (Lipinski definition) is 1. The molecule has 0 aromatic rings. The molecule has 0 heterocycles. The summed E-state index contributed by atoms with van der Waals surface area (Å²) in [4.78, 5) is 12.2. The molecule has 0 bridgehead atoms. The van der Waals surface area contributed by atoms with E-state index in [-0.39, 0.29) is 12.1 Å². The van der Waals surface area contributed by atoms with Gasteiger partial charge in [0.05, 0.1) is 25.9 Å². The molecule has 5 nitrogen and oxygen atoms in total. The van der Waals surface area contributed by atoms with Crippen LogP contribution in [-0.2, 0) is 19.0 Å². The highest BCUT2D eigenvalue weighted by molar-refractivity contribution is 5.81. The number of carbonyl (C=O) groups is 1. The molecule has 0 aromatic carbocycles. The molecule has 1 aliphatic carbocycles. The van der Waals surface area contributed by atoms with Gasteiger partial charge >= 0.3 is 5.97 Å². The Bertz CT molecular complexity index is 268. The van der Waals surface area contributed by atoms with E-state index in [9.17, 15) is 4.79 Å². The fraction of sp³-hybridized carbons (Fsp3) is 0.929. The molecule has 1 N–H and O–H groups in total. The van der Waals surface area contributed by atoms with Crippen molar-refractivity contribution >= 4 is 5.97 Å². The number of nitrogens with one attached hydrogen (secondary N) is 1. The first-order chi connectivity index (χ1) is 9.18. The molecule has 1 fully saturated rings. The SMILES string of the molecule is CCNC1(C(=O)OCC)CCCC(OCCOC)C1. The van der Waals surface area contributed by atoms with Gasteiger partial charge in [0.1, 0.15) is 5.54 Å². The van der Waals surface area contributed by atoms with Gasteiger partial charge in [-0.15, -0.1) is 0 Å². The predicted octanol–water partition coefficient (Wildman–Crippen LogP) is 1.50. The molecule has 19 heavy (non-hydrogen) atoms. The monoisotopic (exact) mass is 273 g/mol. The maximum Gasteiger partial charge on any atom is 0.326 e. The topological polar surface area (TPSA) is 56.8 Å². The van der Waals surface area contributed by atoms with Crippen molar-refractivity contribution in [2.24, 2.45) is 0 Å². The van der Waals surface area contributed by atoms with Crippen molar-refractivity contribution in [1.29, 1.82) is 0 Å². The molecule has 112 valence electrons. The van der Waals surface area contributed by atoms with E-state index in [0.717, 1.165) is 25.8 Å². The van der Waals surface area contributed by atoms with Crippen molar-refractivity contribution in [1.82, 2.24) is 5.32 Å². The second kappa shape index (κ2) is 8.51. The number of rotatable bonds is 8. The number of likely N-dealkylation sites (N-methyl/N-ethyl adjacent to an activating group) is 1. The number of esters is 1. The van der Waals surface area contributed by atoms with Crippen LogP contribution in [0.2, 0.25) is 0 Å². The highest BCUT2D eigenvalue weighted by atomic mass is 16.5. The van der Waals surface area contributed by atoms with Crippen LogP contribution in [0.15, 0.2) is 0 Å². The van der Waals surface area contributed by atoms with Crippen molar-refractivity contribution in [2.75, 3.05) is 33.5 Å². The van der Waals surface area contributed by atoms with Crippen LogP contribution in [0.3, 0.4) is 0 Å². The molecule has 2 unspecified atom stereocenters. The second-order valence-electron chi connectivity index (χ2n) is 4.91. The van der Waals surface area contributed by atoms with Crippen LogP contribution < -0.4 is 5.32 Å². The summed E-state index contributed by atoms with van der Waals surface area (Å²) in [6, 6.07) is 0. The Morgan fingerprint density at radius 1 is 1.37 bits per heavy atom. The lowest BCUT2D eigenvalue weighted by Gasteiger charge is -2.39. The highest BCUT2D eigenvalue weighted by Gasteiger charge is 2.43. The standard InChI is InChI=1S/C14H27NO4/c1-4-15-14(13(16)18-5-2)8-6-7-12(11-14)19-10-9-17-3/h12,15H,4-11H2,1-3H3.